The highest BCUT2D eigenvalue weighted by molar-refractivity contribution is 7.92. The van der Waals surface area contributed by atoms with Crippen LogP contribution in [0.2, 0.25) is 0 Å². The Hall–Kier alpha value is -2.64. The fourth-order valence-electron chi connectivity index (χ4n) is 4.26. The smallest absolute Gasteiger partial charge is 0.253 e. The Morgan fingerprint density at radius 3 is 2.45 bits per heavy atom. The van der Waals surface area contributed by atoms with Gasteiger partial charge in [0.1, 0.15) is 0 Å². The van der Waals surface area contributed by atoms with Crippen molar-refractivity contribution in [2.45, 2.75) is 12.8 Å². The topological polar surface area (TPSA) is 60.9 Å². The summed E-state index contributed by atoms with van der Waals surface area (Å²) < 4.78 is 25.5. The molecule has 2 heterocycles. The van der Waals surface area contributed by atoms with Crippen LogP contribution in [0, 0.1) is 0 Å². The molecular formula is C24H29N3O3S. The molecule has 0 bridgehead atoms. The monoisotopic (exact) mass is 439 g/mol. The Labute approximate surface area is 184 Å². The van der Waals surface area contributed by atoms with Crippen molar-refractivity contribution >= 4 is 27.7 Å². The molecule has 0 atom stereocenters. The van der Waals surface area contributed by atoms with E-state index in [-0.39, 0.29) is 5.91 Å². The van der Waals surface area contributed by atoms with Crippen molar-refractivity contribution in [1.29, 1.82) is 0 Å². The molecule has 2 aliphatic heterocycles. The van der Waals surface area contributed by atoms with Gasteiger partial charge in [0, 0.05) is 44.8 Å². The highest BCUT2D eigenvalue weighted by Crippen LogP contribution is 2.30. The van der Waals surface area contributed by atoms with Crippen molar-refractivity contribution in [3.05, 3.63) is 71.3 Å². The zero-order valence-corrected chi connectivity index (χ0v) is 18.7. The van der Waals surface area contributed by atoms with E-state index in [1.165, 1.54) is 16.1 Å². The van der Waals surface area contributed by atoms with Gasteiger partial charge in [0.25, 0.3) is 5.91 Å². The summed E-state index contributed by atoms with van der Waals surface area (Å²) in [5, 5.41) is 0. The molecule has 4 rings (SSSR count). The summed E-state index contributed by atoms with van der Waals surface area (Å²) in [5.41, 5.74) is 3.48. The number of carbonyl (C=O) groups excluding carboxylic acids is 1. The average Bonchev–Trinajstić information content (AvgIpc) is 2.78. The number of carbonyl (C=O) groups is 1. The number of benzene rings is 2. The van der Waals surface area contributed by atoms with Gasteiger partial charge in [-0.05, 0) is 42.2 Å². The molecule has 31 heavy (non-hydrogen) atoms. The standard InChI is InChI=1S/C24H29N3O3S/c1-31(29,30)27-14-6-10-21-19-22(11-12-23(21)27)24(28)26-17-15-25(16-18-26)13-5-9-20-7-3-2-4-8-20/h2-5,7-9,11-12,19H,6,10,13-18H2,1H3/b9-5+. The molecule has 0 aliphatic carbocycles. The Morgan fingerprint density at radius 1 is 1.00 bits per heavy atom. The zero-order valence-electron chi connectivity index (χ0n) is 17.9. The third kappa shape index (κ3) is 5.17. The van der Waals surface area contributed by atoms with E-state index >= 15 is 0 Å². The molecule has 1 fully saturated rings. The van der Waals surface area contributed by atoms with Gasteiger partial charge in [-0.3, -0.25) is 14.0 Å². The number of piperazine rings is 1. The van der Waals surface area contributed by atoms with E-state index in [4.69, 9.17) is 0 Å². The normalized spacial score (nSPS) is 17.7. The second-order valence-electron chi connectivity index (χ2n) is 8.19. The number of amides is 1. The maximum absolute atomic E-state index is 13.0. The lowest BCUT2D eigenvalue weighted by molar-refractivity contribution is 0.0650. The van der Waals surface area contributed by atoms with Gasteiger partial charge in [-0.2, -0.15) is 0 Å². The molecule has 2 aliphatic rings. The average molecular weight is 440 g/mol. The highest BCUT2D eigenvalue weighted by Gasteiger charge is 2.26. The molecule has 0 N–H and O–H groups in total. The Balaban J connectivity index is 1.35. The van der Waals surface area contributed by atoms with Crippen LogP contribution >= 0.6 is 0 Å². The molecule has 1 amide bonds. The summed E-state index contributed by atoms with van der Waals surface area (Å²) in [4.78, 5) is 17.3. The van der Waals surface area contributed by atoms with Crippen LogP contribution in [-0.2, 0) is 16.4 Å². The molecule has 0 spiro atoms. The molecule has 0 saturated carbocycles. The fourth-order valence-corrected chi connectivity index (χ4v) is 5.25. The van der Waals surface area contributed by atoms with E-state index in [1.54, 1.807) is 12.1 Å². The maximum Gasteiger partial charge on any atom is 0.253 e. The Morgan fingerprint density at radius 2 is 1.74 bits per heavy atom. The van der Waals surface area contributed by atoms with E-state index in [0.717, 1.165) is 38.0 Å². The third-order valence-corrected chi connectivity index (χ3v) is 7.12. The van der Waals surface area contributed by atoms with Crippen molar-refractivity contribution in [3.8, 4) is 0 Å². The second kappa shape index (κ2) is 9.24. The number of hydrogen-bond donors (Lipinski definition) is 0. The molecule has 1 saturated heterocycles. The number of nitrogens with zero attached hydrogens (tertiary/aromatic N) is 3. The van der Waals surface area contributed by atoms with Crippen LogP contribution < -0.4 is 4.31 Å². The molecule has 0 unspecified atom stereocenters. The van der Waals surface area contributed by atoms with E-state index in [9.17, 15) is 13.2 Å². The lowest BCUT2D eigenvalue weighted by Gasteiger charge is -2.34. The second-order valence-corrected chi connectivity index (χ2v) is 10.1. The first-order valence-electron chi connectivity index (χ1n) is 10.8. The van der Waals surface area contributed by atoms with Crippen LogP contribution in [0.3, 0.4) is 0 Å². The predicted molar refractivity (Wildman–Crippen MR) is 125 cm³/mol. The van der Waals surface area contributed by atoms with Gasteiger partial charge < -0.3 is 4.90 Å². The van der Waals surface area contributed by atoms with Crippen LogP contribution in [0.1, 0.15) is 27.9 Å². The van der Waals surface area contributed by atoms with Crippen molar-refractivity contribution in [3.63, 3.8) is 0 Å². The lowest BCUT2D eigenvalue weighted by Crippen LogP contribution is -2.48. The van der Waals surface area contributed by atoms with Gasteiger partial charge in [0.05, 0.1) is 11.9 Å². The molecule has 2 aromatic rings. The fraction of sp³-hybridized carbons (Fsp3) is 0.375. The van der Waals surface area contributed by atoms with Gasteiger partial charge >= 0.3 is 0 Å². The van der Waals surface area contributed by atoms with Crippen molar-refractivity contribution in [2.24, 2.45) is 0 Å². The number of hydrogen-bond acceptors (Lipinski definition) is 4. The number of aryl methyl sites for hydroxylation is 1. The molecular weight excluding hydrogens is 410 g/mol. The van der Waals surface area contributed by atoms with Crippen LogP contribution in [-0.4, -0.2) is 69.6 Å². The van der Waals surface area contributed by atoms with E-state index < -0.39 is 10.0 Å². The minimum atomic E-state index is -3.30. The zero-order chi connectivity index (χ0) is 21.8. The van der Waals surface area contributed by atoms with Crippen molar-refractivity contribution in [1.82, 2.24) is 9.80 Å². The van der Waals surface area contributed by atoms with Crippen LogP contribution in [0.15, 0.2) is 54.6 Å². The highest BCUT2D eigenvalue weighted by atomic mass is 32.2. The molecule has 0 radical (unpaired) electrons. The first-order chi connectivity index (χ1) is 14.9. The van der Waals surface area contributed by atoms with Crippen LogP contribution in [0.25, 0.3) is 6.08 Å². The minimum Gasteiger partial charge on any atom is -0.336 e. The van der Waals surface area contributed by atoms with Crippen molar-refractivity contribution in [2.75, 3.05) is 49.8 Å². The summed E-state index contributed by atoms with van der Waals surface area (Å²) in [7, 11) is -3.30. The van der Waals surface area contributed by atoms with E-state index in [2.05, 4.69) is 29.2 Å². The molecule has 6 nitrogen and oxygen atoms in total. The van der Waals surface area contributed by atoms with Crippen molar-refractivity contribution < 1.29 is 13.2 Å². The Bertz CT molecular complexity index is 1060. The van der Waals surface area contributed by atoms with E-state index in [1.807, 2.05) is 29.2 Å². The lowest BCUT2D eigenvalue weighted by atomic mass is 10.00. The summed E-state index contributed by atoms with van der Waals surface area (Å²) >= 11 is 0. The molecule has 2 aromatic carbocycles. The van der Waals surface area contributed by atoms with Crippen LogP contribution in [0.5, 0.6) is 0 Å². The number of fused-ring (bicyclic) bond motifs is 1. The number of anilines is 1. The summed E-state index contributed by atoms with van der Waals surface area (Å²) in [6, 6.07) is 15.7. The van der Waals surface area contributed by atoms with Gasteiger partial charge in [0.15, 0.2) is 0 Å². The quantitative estimate of drug-likeness (QED) is 0.719. The summed E-state index contributed by atoms with van der Waals surface area (Å²) in [6.07, 6.45) is 7.10. The summed E-state index contributed by atoms with van der Waals surface area (Å²) in [5.74, 6) is 0.0266. The largest absolute Gasteiger partial charge is 0.336 e. The SMILES string of the molecule is CS(=O)(=O)N1CCCc2cc(C(=O)N3CCN(C/C=C/c4ccccc4)CC3)ccc21. The maximum atomic E-state index is 13.0. The predicted octanol–water partition coefficient (Wildman–Crippen LogP) is 2.87. The molecule has 164 valence electrons. The van der Waals surface area contributed by atoms with Gasteiger partial charge in [-0.15, -0.1) is 0 Å². The first-order valence-corrected chi connectivity index (χ1v) is 12.6. The number of sulfonamides is 1. The molecule has 7 heteroatoms. The summed E-state index contributed by atoms with van der Waals surface area (Å²) in [6.45, 7) is 4.46. The third-order valence-electron chi connectivity index (χ3n) is 5.94. The minimum absolute atomic E-state index is 0.0266. The number of rotatable bonds is 5. The van der Waals surface area contributed by atoms with E-state index in [0.29, 0.717) is 30.9 Å². The Kier molecular flexibility index (Phi) is 6.43. The van der Waals surface area contributed by atoms with Crippen LogP contribution in [0.4, 0.5) is 5.69 Å². The van der Waals surface area contributed by atoms with Gasteiger partial charge in [-0.25, -0.2) is 8.42 Å². The van der Waals surface area contributed by atoms with Gasteiger partial charge in [-0.1, -0.05) is 42.5 Å². The first kappa shape index (κ1) is 21.6. The molecule has 0 aromatic heterocycles. The van der Waals surface area contributed by atoms with Gasteiger partial charge in [0.2, 0.25) is 10.0 Å².